The molecule has 0 unspecified atom stereocenters. The number of pyridine rings is 1. The molecule has 0 radical (unpaired) electrons. The molecule has 0 fully saturated rings. The van der Waals surface area contributed by atoms with E-state index >= 15 is 0 Å². The van der Waals surface area contributed by atoms with E-state index < -0.39 is 0 Å². The maximum absolute atomic E-state index is 4.29. The second-order valence-electron chi connectivity index (χ2n) is 2.92. The third-order valence-electron chi connectivity index (χ3n) is 2.08. The van der Waals surface area contributed by atoms with E-state index in [9.17, 15) is 0 Å². The first-order valence-electron chi connectivity index (χ1n) is 3.87. The molecule has 0 bridgehead atoms. The first-order chi connectivity index (χ1) is 5.77. The second-order valence-corrected chi connectivity index (χ2v) is 3.50. The van der Waals surface area contributed by atoms with Crippen molar-refractivity contribution in [1.29, 1.82) is 0 Å². The third kappa shape index (κ3) is 1.33. The van der Waals surface area contributed by atoms with Gasteiger partial charge in [-0.1, -0.05) is 18.9 Å². The molecule has 4 heteroatoms. The standard InChI is InChI=1S/C8H11N3S/c1-10(12)11-5-7-3-2-4-9-8(7)6-11/h2-4,12H,5-6H2,1H3. The molecule has 0 saturated heterocycles. The van der Waals surface area contributed by atoms with E-state index in [-0.39, 0.29) is 0 Å². The molecule has 0 saturated carbocycles. The van der Waals surface area contributed by atoms with Gasteiger partial charge in [-0.25, -0.2) is 5.01 Å². The monoisotopic (exact) mass is 181 g/mol. The predicted octanol–water partition coefficient (Wildman–Crippen LogP) is 1.09. The molecular weight excluding hydrogens is 170 g/mol. The minimum Gasteiger partial charge on any atom is -0.260 e. The number of fused-ring (bicyclic) bond motifs is 1. The molecule has 0 amide bonds. The van der Waals surface area contributed by atoms with Gasteiger partial charge in [0.1, 0.15) is 0 Å². The number of hydrogen-bond donors (Lipinski definition) is 1. The summed E-state index contributed by atoms with van der Waals surface area (Å²) in [5, 5.41) is 2.13. The average Bonchev–Trinajstić information content (AvgIpc) is 2.46. The van der Waals surface area contributed by atoms with Crippen molar-refractivity contribution in [3.63, 3.8) is 0 Å². The Kier molecular flexibility index (Phi) is 2.04. The fourth-order valence-electron chi connectivity index (χ4n) is 1.39. The summed E-state index contributed by atoms with van der Waals surface area (Å²) in [6.07, 6.45) is 1.83. The van der Waals surface area contributed by atoms with Crippen molar-refractivity contribution in [2.24, 2.45) is 0 Å². The number of thiol groups is 1. The lowest BCUT2D eigenvalue weighted by Crippen LogP contribution is -2.27. The van der Waals surface area contributed by atoms with Crippen molar-refractivity contribution in [3.8, 4) is 0 Å². The van der Waals surface area contributed by atoms with Crippen molar-refractivity contribution < 1.29 is 0 Å². The molecule has 2 rings (SSSR count). The van der Waals surface area contributed by atoms with Crippen LogP contribution in [0.4, 0.5) is 0 Å². The lowest BCUT2D eigenvalue weighted by molar-refractivity contribution is 0.0956. The zero-order valence-electron chi connectivity index (χ0n) is 6.94. The number of hydrazine groups is 1. The van der Waals surface area contributed by atoms with Crippen molar-refractivity contribution >= 4 is 12.8 Å². The number of hydrogen-bond acceptors (Lipinski definition) is 4. The molecular formula is C8H11N3S. The van der Waals surface area contributed by atoms with E-state index in [1.54, 1.807) is 0 Å². The largest absolute Gasteiger partial charge is 0.260 e. The minimum absolute atomic E-state index is 0.871. The highest BCUT2D eigenvalue weighted by molar-refractivity contribution is 7.77. The summed E-state index contributed by atoms with van der Waals surface area (Å²) < 4.78 is 1.81. The van der Waals surface area contributed by atoms with Crippen LogP contribution >= 0.6 is 12.8 Å². The summed E-state index contributed by atoms with van der Waals surface area (Å²) >= 11 is 4.23. The molecule has 3 nitrogen and oxygen atoms in total. The third-order valence-corrected chi connectivity index (χ3v) is 2.33. The molecule has 0 atom stereocenters. The number of rotatable bonds is 1. The SMILES string of the molecule is CN(S)N1Cc2cccnc2C1. The number of nitrogens with zero attached hydrogens (tertiary/aromatic N) is 3. The molecule has 0 aliphatic carbocycles. The highest BCUT2D eigenvalue weighted by atomic mass is 32.1. The van der Waals surface area contributed by atoms with Gasteiger partial charge in [0.2, 0.25) is 0 Å². The van der Waals surface area contributed by atoms with Gasteiger partial charge in [-0.15, -0.1) is 0 Å². The van der Waals surface area contributed by atoms with Crippen LogP contribution in [0, 0.1) is 0 Å². The van der Waals surface area contributed by atoms with Crippen LogP contribution in [0.3, 0.4) is 0 Å². The highest BCUT2D eigenvalue weighted by Crippen LogP contribution is 2.21. The Morgan fingerprint density at radius 1 is 1.58 bits per heavy atom. The van der Waals surface area contributed by atoms with E-state index in [4.69, 9.17) is 0 Å². The molecule has 1 aliphatic rings. The van der Waals surface area contributed by atoms with Crippen LogP contribution in [-0.2, 0) is 13.1 Å². The van der Waals surface area contributed by atoms with Gasteiger partial charge >= 0.3 is 0 Å². The Morgan fingerprint density at radius 2 is 2.42 bits per heavy atom. The lowest BCUT2D eigenvalue weighted by atomic mass is 10.2. The second kappa shape index (κ2) is 3.05. The maximum atomic E-state index is 4.29. The Morgan fingerprint density at radius 3 is 3.08 bits per heavy atom. The van der Waals surface area contributed by atoms with Crippen LogP contribution in [0.5, 0.6) is 0 Å². The number of aromatic nitrogens is 1. The molecule has 2 heterocycles. The van der Waals surface area contributed by atoms with Crippen LogP contribution in [0.25, 0.3) is 0 Å². The molecule has 0 aromatic carbocycles. The maximum Gasteiger partial charge on any atom is 0.0604 e. The van der Waals surface area contributed by atoms with Crippen molar-refractivity contribution in [2.45, 2.75) is 13.1 Å². The normalized spacial score (nSPS) is 16.9. The van der Waals surface area contributed by atoms with Crippen LogP contribution in [0.1, 0.15) is 11.3 Å². The molecule has 1 aliphatic heterocycles. The van der Waals surface area contributed by atoms with E-state index in [0.29, 0.717) is 0 Å². The Balaban J connectivity index is 2.22. The Hall–Kier alpha value is -0.580. The summed E-state index contributed by atoms with van der Waals surface area (Å²) in [4.78, 5) is 4.29. The van der Waals surface area contributed by atoms with Crippen LogP contribution in [0.15, 0.2) is 18.3 Å². The zero-order chi connectivity index (χ0) is 8.55. The molecule has 64 valence electrons. The van der Waals surface area contributed by atoms with E-state index in [1.165, 1.54) is 11.3 Å². The average molecular weight is 181 g/mol. The van der Waals surface area contributed by atoms with Gasteiger partial charge in [-0.05, 0) is 11.6 Å². The highest BCUT2D eigenvalue weighted by Gasteiger charge is 2.20. The summed E-state index contributed by atoms with van der Waals surface area (Å²) in [5.74, 6) is 0. The summed E-state index contributed by atoms with van der Waals surface area (Å²) in [5.41, 5.74) is 2.47. The van der Waals surface area contributed by atoms with Crippen molar-refractivity contribution in [1.82, 2.24) is 14.4 Å². The molecule has 0 spiro atoms. The molecule has 0 N–H and O–H groups in total. The smallest absolute Gasteiger partial charge is 0.0604 e. The van der Waals surface area contributed by atoms with Gasteiger partial charge < -0.3 is 0 Å². The van der Waals surface area contributed by atoms with Crippen LogP contribution in [0.2, 0.25) is 0 Å². The van der Waals surface area contributed by atoms with Gasteiger partial charge in [0.05, 0.1) is 12.2 Å². The summed E-state index contributed by atoms with van der Waals surface area (Å²) in [7, 11) is 1.93. The van der Waals surface area contributed by atoms with Crippen LogP contribution < -0.4 is 0 Å². The molecule has 12 heavy (non-hydrogen) atoms. The zero-order valence-corrected chi connectivity index (χ0v) is 7.83. The minimum atomic E-state index is 0.871. The van der Waals surface area contributed by atoms with Crippen molar-refractivity contribution in [2.75, 3.05) is 7.05 Å². The molecule has 1 aromatic rings. The first kappa shape index (κ1) is 8.04. The van der Waals surface area contributed by atoms with Gasteiger partial charge in [0.15, 0.2) is 0 Å². The fraction of sp³-hybridized carbons (Fsp3) is 0.375. The van der Waals surface area contributed by atoms with Gasteiger partial charge in [0, 0.05) is 19.8 Å². The van der Waals surface area contributed by atoms with Gasteiger partial charge in [-0.3, -0.25) is 4.98 Å². The first-order valence-corrected chi connectivity index (χ1v) is 4.27. The van der Waals surface area contributed by atoms with E-state index in [2.05, 4.69) is 28.9 Å². The van der Waals surface area contributed by atoms with Crippen LogP contribution in [-0.4, -0.2) is 21.5 Å². The van der Waals surface area contributed by atoms with E-state index in [0.717, 1.165) is 13.1 Å². The Bertz CT molecular complexity index is 262. The summed E-state index contributed by atoms with van der Waals surface area (Å²) in [6.45, 7) is 1.79. The Labute approximate surface area is 77.5 Å². The predicted molar refractivity (Wildman–Crippen MR) is 50.2 cm³/mol. The lowest BCUT2D eigenvalue weighted by Gasteiger charge is -2.20. The van der Waals surface area contributed by atoms with Gasteiger partial charge in [0.25, 0.3) is 0 Å². The van der Waals surface area contributed by atoms with Crippen molar-refractivity contribution in [3.05, 3.63) is 29.6 Å². The quantitative estimate of drug-likeness (QED) is 0.655. The summed E-state index contributed by atoms with van der Waals surface area (Å²) in [6, 6.07) is 4.08. The molecule has 1 aromatic heterocycles. The van der Waals surface area contributed by atoms with E-state index in [1.807, 2.05) is 23.7 Å². The fourth-order valence-corrected chi connectivity index (χ4v) is 1.51. The van der Waals surface area contributed by atoms with Gasteiger partial charge in [-0.2, -0.15) is 4.41 Å². The topological polar surface area (TPSA) is 19.4 Å².